The Morgan fingerprint density at radius 1 is 1.26 bits per heavy atom. The van der Waals surface area contributed by atoms with Gasteiger partial charge in [-0.15, -0.1) is 0 Å². The predicted molar refractivity (Wildman–Crippen MR) is 92.8 cm³/mol. The van der Waals surface area contributed by atoms with Crippen LogP contribution in [-0.2, 0) is 4.79 Å². The highest BCUT2D eigenvalue weighted by molar-refractivity contribution is 5.99. The third-order valence-corrected chi connectivity index (χ3v) is 4.52. The number of hydrogen-bond donors (Lipinski definition) is 1. The topological polar surface area (TPSA) is 49.4 Å². The van der Waals surface area contributed by atoms with Gasteiger partial charge in [0.1, 0.15) is 0 Å². The van der Waals surface area contributed by atoms with Crippen molar-refractivity contribution >= 4 is 11.7 Å². The molecule has 0 saturated carbocycles. The first kappa shape index (κ1) is 17.7. The van der Waals surface area contributed by atoms with E-state index in [1.54, 1.807) is 0 Å². The van der Waals surface area contributed by atoms with Crippen molar-refractivity contribution in [3.05, 3.63) is 34.9 Å². The molecule has 1 unspecified atom stereocenters. The SMILES string of the molecule is CCCN(C(=O)CCC(=O)c1cc(C)ccc1C)C1CCNC1. The number of carbonyl (C=O) groups excluding carboxylic acids is 2. The van der Waals surface area contributed by atoms with Gasteiger partial charge < -0.3 is 10.2 Å². The quantitative estimate of drug-likeness (QED) is 0.787. The number of aryl methyl sites for hydroxylation is 2. The minimum Gasteiger partial charge on any atom is -0.338 e. The van der Waals surface area contributed by atoms with Crippen LogP contribution in [0, 0.1) is 13.8 Å². The van der Waals surface area contributed by atoms with Crippen LogP contribution >= 0.6 is 0 Å². The van der Waals surface area contributed by atoms with E-state index in [1.165, 1.54) is 0 Å². The molecule has 1 aromatic carbocycles. The van der Waals surface area contributed by atoms with Crippen molar-refractivity contribution in [2.75, 3.05) is 19.6 Å². The molecule has 4 nitrogen and oxygen atoms in total. The molecule has 4 heteroatoms. The van der Waals surface area contributed by atoms with Gasteiger partial charge in [-0.2, -0.15) is 0 Å². The Balaban J connectivity index is 1.96. The minimum absolute atomic E-state index is 0.0699. The fraction of sp³-hybridized carbons (Fsp3) is 0.579. The number of nitrogens with one attached hydrogen (secondary N) is 1. The van der Waals surface area contributed by atoms with E-state index in [0.717, 1.165) is 49.2 Å². The lowest BCUT2D eigenvalue weighted by Gasteiger charge is -2.28. The van der Waals surface area contributed by atoms with Crippen molar-refractivity contribution in [2.24, 2.45) is 0 Å². The molecule has 2 rings (SSSR count). The number of rotatable bonds is 7. The second-order valence-electron chi connectivity index (χ2n) is 6.48. The Kier molecular flexibility index (Phi) is 6.34. The zero-order chi connectivity index (χ0) is 16.8. The van der Waals surface area contributed by atoms with E-state index in [9.17, 15) is 9.59 Å². The number of hydrogen-bond acceptors (Lipinski definition) is 3. The Hall–Kier alpha value is -1.68. The fourth-order valence-electron chi connectivity index (χ4n) is 3.19. The Labute approximate surface area is 139 Å². The van der Waals surface area contributed by atoms with Crippen molar-refractivity contribution in [3.63, 3.8) is 0 Å². The van der Waals surface area contributed by atoms with Gasteiger partial charge in [-0.1, -0.05) is 24.6 Å². The van der Waals surface area contributed by atoms with Crippen molar-refractivity contribution in [2.45, 2.75) is 52.5 Å². The van der Waals surface area contributed by atoms with Gasteiger partial charge in [0, 0.05) is 37.5 Å². The molecular formula is C19H28N2O2. The molecule has 1 atom stereocenters. The summed E-state index contributed by atoms with van der Waals surface area (Å²) in [7, 11) is 0. The summed E-state index contributed by atoms with van der Waals surface area (Å²) >= 11 is 0. The number of carbonyl (C=O) groups is 2. The van der Waals surface area contributed by atoms with Crippen LogP contribution in [0.1, 0.15) is 54.1 Å². The largest absolute Gasteiger partial charge is 0.338 e. The van der Waals surface area contributed by atoms with Crippen LogP contribution in [-0.4, -0.2) is 42.3 Å². The molecule has 1 aliphatic rings. The minimum atomic E-state index is 0.0699. The molecule has 1 heterocycles. The smallest absolute Gasteiger partial charge is 0.223 e. The molecule has 126 valence electrons. The van der Waals surface area contributed by atoms with E-state index >= 15 is 0 Å². The number of Topliss-reactive ketones (excluding diaryl/α,β-unsaturated/α-hetero) is 1. The van der Waals surface area contributed by atoms with Gasteiger partial charge in [-0.05, 0) is 44.9 Å². The monoisotopic (exact) mass is 316 g/mol. The van der Waals surface area contributed by atoms with Crippen LogP contribution < -0.4 is 5.32 Å². The first-order valence-corrected chi connectivity index (χ1v) is 8.63. The van der Waals surface area contributed by atoms with Crippen LogP contribution in [0.5, 0.6) is 0 Å². The van der Waals surface area contributed by atoms with Crippen LogP contribution in [0.2, 0.25) is 0 Å². The van der Waals surface area contributed by atoms with E-state index in [4.69, 9.17) is 0 Å². The number of amides is 1. The molecular weight excluding hydrogens is 288 g/mol. The molecule has 1 N–H and O–H groups in total. The molecule has 0 aromatic heterocycles. The lowest BCUT2D eigenvalue weighted by molar-refractivity contribution is -0.133. The maximum Gasteiger partial charge on any atom is 0.223 e. The summed E-state index contributed by atoms with van der Waals surface area (Å²) in [5, 5.41) is 3.31. The van der Waals surface area contributed by atoms with Crippen LogP contribution in [0.4, 0.5) is 0 Å². The van der Waals surface area contributed by atoms with Gasteiger partial charge in [0.25, 0.3) is 0 Å². The summed E-state index contributed by atoms with van der Waals surface area (Å²) in [6.07, 6.45) is 2.57. The Morgan fingerprint density at radius 2 is 2.04 bits per heavy atom. The molecule has 1 aliphatic heterocycles. The summed E-state index contributed by atoms with van der Waals surface area (Å²) in [5.41, 5.74) is 2.82. The van der Waals surface area contributed by atoms with Crippen LogP contribution in [0.3, 0.4) is 0 Å². The van der Waals surface area contributed by atoms with Gasteiger partial charge >= 0.3 is 0 Å². The zero-order valence-electron chi connectivity index (χ0n) is 14.5. The molecule has 1 fully saturated rings. The summed E-state index contributed by atoms with van der Waals surface area (Å²) < 4.78 is 0. The third kappa shape index (κ3) is 4.64. The standard InChI is InChI=1S/C19H28N2O2/c1-4-11-21(16-9-10-20-13-16)19(23)8-7-18(22)17-12-14(2)5-6-15(17)3/h5-6,12,16,20H,4,7-11,13H2,1-3H3. The molecule has 0 spiro atoms. The summed E-state index contributed by atoms with van der Waals surface area (Å²) in [4.78, 5) is 27.0. The Bertz CT molecular complexity index is 562. The normalized spacial score (nSPS) is 17.3. The predicted octanol–water partition coefficient (Wildman–Crippen LogP) is 2.87. The highest BCUT2D eigenvalue weighted by Gasteiger charge is 2.26. The van der Waals surface area contributed by atoms with Gasteiger partial charge in [0.05, 0.1) is 0 Å². The average Bonchev–Trinajstić information content (AvgIpc) is 3.06. The lowest BCUT2D eigenvalue weighted by atomic mass is 9.99. The molecule has 1 saturated heterocycles. The van der Waals surface area contributed by atoms with Gasteiger partial charge in [0.15, 0.2) is 5.78 Å². The van der Waals surface area contributed by atoms with E-state index < -0.39 is 0 Å². The van der Waals surface area contributed by atoms with Gasteiger partial charge in [0.2, 0.25) is 5.91 Å². The molecule has 0 radical (unpaired) electrons. The second kappa shape index (κ2) is 8.25. The van der Waals surface area contributed by atoms with E-state index in [1.807, 2.05) is 36.9 Å². The van der Waals surface area contributed by atoms with Crippen molar-refractivity contribution in [1.29, 1.82) is 0 Å². The van der Waals surface area contributed by atoms with Crippen LogP contribution in [0.15, 0.2) is 18.2 Å². The maximum absolute atomic E-state index is 12.6. The highest BCUT2D eigenvalue weighted by atomic mass is 16.2. The van der Waals surface area contributed by atoms with Crippen molar-refractivity contribution in [1.82, 2.24) is 10.2 Å². The van der Waals surface area contributed by atoms with Crippen molar-refractivity contribution in [3.8, 4) is 0 Å². The van der Waals surface area contributed by atoms with Gasteiger partial charge in [-0.25, -0.2) is 0 Å². The zero-order valence-corrected chi connectivity index (χ0v) is 14.5. The summed E-state index contributed by atoms with van der Waals surface area (Å²) in [5.74, 6) is 0.180. The van der Waals surface area contributed by atoms with Crippen molar-refractivity contribution < 1.29 is 9.59 Å². The average molecular weight is 316 g/mol. The van der Waals surface area contributed by atoms with E-state index in [-0.39, 0.29) is 11.7 Å². The lowest BCUT2D eigenvalue weighted by Crippen LogP contribution is -2.42. The summed E-state index contributed by atoms with van der Waals surface area (Å²) in [6.45, 7) is 8.64. The Morgan fingerprint density at radius 3 is 2.70 bits per heavy atom. The third-order valence-electron chi connectivity index (χ3n) is 4.52. The number of benzene rings is 1. The molecule has 0 bridgehead atoms. The molecule has 1 amide bonds. The first-order chi connectivity index (χ1) is 11.0. The molecule has 23 heavy (non-hydrogen) atoms. The molecule has 0 aliphatic carbocycles. The fourth-order valence-corrected chi connectivity index (χ4v) is 3.19. The van der Waals surface area contributed by atoms with Gasteiger partial charge in [-0.3, -0.25) is 9.59 Å². The molecule has 1 aromatic rings. The first-order valence-electron chi connectivity index (χ1n) is 8.63. The van der Waals surface area contributed by atoms with E-state index in [2.05, 4.69) is 12.2 Å². The maximum atomic E-state index is 12.6. The highest BCUT2D eigenvalue weighted by Crippen LogP contribution is 2.16. The summed E-state index contributed by atoms with van der Waals surface area (Å²) in [6, 6.07) is 6.19. The van der Waals surface area contributed by atoms with Crippen LogP contribution in [0.25, 0.3) is 0 Å². The second-order valence-corrected chi connectivity index (χ2v) is 6.48. The number of nitrogens with zero attached hydrogens (tertiary/aromatic N) is 1. The van der Waals surface area contributed by atoms with E-state index in [0.29, 0.717) is 18.9 Å². The number of ketones is 1.